The molecule has 7 nitrogen and oxygen atoms in total. The summed E-state index contributed by atoms with van der Waals surface area (Å²) in [6.07, 6.45) is 0. The molecule has 1 aliphatic rings. The Morgan fingerprint density at radius 3 is 2.33 bits per heavy atom. The molecule has 0 aromatic heterocycles. The maximum atomic E-state index is 12.9. The van der Waals surface area contributed by atoms with Crippen molar-refractivity contribution in [2.24, 2.45) is 0 Å². The van der Waals surface area contributed by atoms with E-state index in [0.29, 0.717) is 48.9 Å². The summed E-state index contributed by atoms with van der Waals surface area (Å²) in [5.74, 6) is 1.01. The van der Waals surface area contributed by atoms with Crippen LogP contribution in [0.1, 0.15) is 26.3 Å². The molecule has 4 rings (SSSR count). The van der Waals surface area contributed by atoms with Crippen LogP contribution in [-0.4, -0.2) is 50.1 Å². The summed E-state index contributed by atoms with van der Waals surface area (Å²) < 4.78 is 16.4. The van der Waals surface area contributed by atoms with Crippen molar-refractivity contribution in [2.75, 3.05) is 38.7 Å². The van der Waals surface area contributed by atoms with E-state index in [2.05, 4.69) is 5.32 Å². The third-order valence-electron chi connectivity index (χ3n) is 5.37. The lowest BCUT2D eigenvalue weighted by molar-refractivity contribution is 0.0300. The zero-order valence-electron chi connectivity index (χ0n) is 18.5. The van der Waals surface area contributed by atoms with E-state index in [1.165, 1.54) is 0 Å². The number of nitrogens with zero attached hydrogens (tertiary/aromatic N) is 1. The van der Waals surface area contributed by atoms with Gasteiger partial charge >= 0.3 is 0 Å². The second kappa shape index (κ2) is 10.7. The fourth-order valence-corrected chi connectivity index (χ4v) is 3.50. The van der Waals surface area contributed by atoms with Gasteiger partial charge < -0.3 is 24.4 Å². The number of anilines is 1. The topological polar surface area (TPSA) is 77.1 Å². The summed E-state index contributed by atoms with van der Waals surface area (Å²) in [6, 6.07) is 21.6. The minimum Gasteiger partial charge on any atom is -0.497 e. The molecule has 1 fully saturated rings. The van der Waals surface area contributed by atoms with Gasteiger partial charge in [-0.25, -0.2) is 0 Å². The Morgan fingerprint density at radius 2 is 1.64 bits per heavy atom. The molecule has 3 aromatic rings. The number of hydrogen-bond donors (Lipinski definition) is 1. The highest BCUT2D eigenvalue weighted by molar-refractivity contribution is 6.04. The van der Waals surface area contributed by atoms with Crippen LogP contribution in [0.3, 0.4) is 0 Å². The molecular formula is C26H26N2O5. The van der Waals surface area contributed by atoms with Gasteiger partial charge in [-0.05, 0) is 54.1 Å². The van der Waals surface area contributed by atoms with Crippen LogP contribution in [0, 0.1) is 0 Å². The number of methoxy groups -OCH3 is 1. The first-order valence-electron chi connectivity index (χ1n) is 10.8. The third-order valence-corrected chi connectivity index (χ3v) is 5.37. The Balaban J connectivity index is 1.36. The predicted octanol–water partition coefficient (Wildman–Crippen LogP) is 4.00. The number of carbonyl (C=O) groups is 2. The Labute approximate surface area is 192 Å². The van der Waals surface area contributed by atoms with Crippen LogP contribution in [0.15, 0.2) is 72.8 Å². The zero-order valence-corrected chi connectivity index (χ0v) is 18.5. The molecule has 1 heterocycles. The van der Waals surface area contributed by atoms with Crippen molar-refractivity contribution < 1.29 is 23.8 Å². The fourth-order valence-electron chi connectivity index (χ4n) is 3.50. The summed E-state index contributed by atoms with van der Waals surface area (Å²) in [5.41, 5.74) is 2.66. The molecule has 0 radical (unpaired) electrons. The summed E-state index contributed by atoms with van der Waals surface area (Å²) >= 11 is 0. The number of morpholine rings is 1. The first kappa shape index (κ1) is 22.4. The molecule has 0 saturated carbocycles. The maximum absolute atomic E-state index is 12.9. The van der Waals surface area contributed by atoms with Gasteiger partial charge in [0.1, 0.15) is 18.1 Å². The highest BCUT2D eigenvalue weighted by Gasteiger charge is 2.21. The van der Waals surface area contributed by atoms with Gasteiger partial charge in [0.05, 0.1) is 25.9 Å². The van der Waals surface area contributed by atoms with Crippen LogP contribution in [0.25, 0.3) is 0 Å². The van der Waals surface area contributed by atoms with Crippen molar-refractivity contribution in [1.29, 1.82) is 0 Å². The van der Waals surface area contributed by atoms with Crippen molar-refractivity contribution in [3.8, 4) is 11.5 Å². The van der Waals surface area contributed by atoms with Crippen molar-refractivity contribution in [3.63, 3.8) is 0 Å². The van der Waals surface area contributed by atoms with Gasteiger partial charge in [-0.15, -0.1) is 0 Å². The van der Waals surface area contributed by atoms with Gasteiger partial charge in [-0.3, -0.25) is 9.59 Å². The SMILES string of the molecule is COc1ccc(NC(=O)c2ccc(COc3ccccc3C(=O)N3CCOCC3)cc2)cc1. The lowest BCUT2D eigenvalue weighted by Crippen LogP contribution is -2.40. The molecular weight excluding hydrogens is 420 g/mol. The van der Waals surface area contributed by atoms with E-state index in [0.717, 1.165) is 11.3 Å². The monoisotopic (exact) mass is 446 g/mol. The second-order valence-corrected chi connectivity index (χ2v) is 7.57. The highest BCUT2D eigenvalue weighted by Crippen LogP contribution is 2.22. The second-order valence-electron chi connectivity index (χ2n) is 7.57. The predicted molar refractivity (Wildman–Crippen MR) is 125 cm³/mol. The first-order chi connectivity index (χ1) is 16.1. The number of carbonyl (C=O) groups excluding carboxylic acids is 2. The summed E-state index contributed by atoms with van der Waals surface area (Å²) in [7, 11) is 1.60. The molecule has 2 amide bonds. The molecule has 170 valence electrons. The third kappa shape index (κ3) is 5.70. The van der Waals surface area contributed by atoms with Crippen LogP contribution < -0.4 is 14.8 Å². The number of hydrogen-bond acceptors (Lipinski definition) is 5. The Kier molecular flexibility index (Phi) is 7.22. The number of nitrogens with one attached hydrogen (secondary N) is 1. The van der Waals surface area contributed by atoms with Crippen LogP contribution in [0.5, 0.6) is 11.5 Å². The maximum Gasteiger partial charge on any atom is 0.257 e. The van der Waals surface area contributed by atoms with Gasteiger partial charge in [0.2, 0.25) is 0 Å². The van der Waals surface area contributed by atoms with Crippen molar-refractivity contribution in [2.45, 2.75) is 6.61 Å². The number of benzene rings is 3. The van der Waals surface area contributed by atoms with E-state index < -0.39 is 0 Å². The van der Waals surface area contributed by atoms with E-state index in [1.807, 2.05) is 24.3 Å². The Morgan fingerprint density at radius 1 is 0.939 bits per heavy atom. The van der Waals surface area contributed by atoms with E-state index in [9.17, 15) is 9.59 Å². The molecule has 7 heteroatoms. The summed E-state index contributed by atoms with van der Waals surface area (Å²) in [5, 5.41) is 2.86. The van der Waals surface area contributed by atoms with Gasteiger partial charge in [0.15, 0.2) is 0 Å². The number of ether oxygens (including phenoxy) is 3. The van der Waals surface area contributed by atoms with Crippen LogP contribution in [0.4, 0.5) is 5.69 Å². The molecule has 0 aliphatic carbocycles. The van der Waals surface area contributed by atoms with Gasteiger partial charge in [0, 0.05) is 24.3 Å². The van der Waals surface area contributed by atoms with Crippen LogP contribution in [-0.2, 0) is 11.3 Å². The lowest BCUT2D eigenvalue weighted by Gasteiger charge is -2.27. The molecule has 1 aliphatic heterocycles. The van der Waals surface area contributed by atoms with E-state index in [-0.39, 0.29) is 18.4 Å². The number of amides is 2. The fraction of sp³-hybridized carbons (Fsp3) is 0.231. The number of para-hydroxylation sites is 1. The van der Waals surface area contributed by atoms with Crippen molar-refractivity contribution >= 4 is 17.5 Å². The van der Waals surface area contributed by atoms with Crippen molar-refractivity contribution in [1.82, 2.24) is 4.90 Å². The Hall–Kier alpha value is -3.84. The molecule has 3 aromatic carbocycles. The van der Waals surface area contributed by atoms with Gasteiger partial charge in [-0.2, -0.15) is 0 Å². The van der Waals surface area contributed by atoms with Crippen molar-refractivity contribution in [3.05, 3.63) is 89.5 Å². The normalized spacial score (nSPS) is 13.3. The molecule has 0 spiro atoms. The lowest BCUT2D eigenvalue weighted by atomic mass is 10.1. The molecule has 0 unspecified atom stereocenters. The first-order valence-corrected chi connectivity index (χ1v) is 10.8. The summed E-state index contributed by atoms with van der Waals surface area (Å²) in [6.45, 7) is 2.54. The molecule has 0 atom stereocenters. The average molecular weight is 447 g/mol. The average Bonchev–Trinajstić information content (AvgIpc) is 2.88. The molecule has 1 saturated heterocycles. The number of rotatable bonds is 7. The Bertz CT molecular complexity index is 1090. The van der Waals surface area contributed by atoms with E-state index in [4.69, 9.17) is 14.2 Å². The smallest absolute Gasteiger partial charge is 0.257 e. The van der Waals surface area contributed by atoms with Crippen LogP contribution in [0.2, 0.25) is 0 Å². The standard InChI is InChI=1S/C26H26N2O5/c1-31-22-12-10-21(11-13-22)27-25(29)20-8-6-19(7-9-20)18-33-24-5-3-2-4-23(24)26(30)28-14-16-32-17-15-28/h2-13H,14-18H2,1H3,(H,27,29). The molecule has 0 bridgehead atoms. The molecule has 1 N–H and O–H groups in total. The summed E-state index contributed by atoms with van der Waals surface area (Å²) in [4.78, 5) is 27.2. The van der Waals surface area contributed by atoms with Crippen LogP contribution >= 0.6 is 0 Å². The van der Waals surface area contributed by atoms with Gasteiger partial charge in [0.25, 0.3) is 11.8 Å². The highest BCUT2D eigenvalue weighted by atomic mass is 16.5. The quantitative estimate of drug-likeness (QED) is 0.594. The van der Waals surface area contributed by atoms with E-state index in [1.54, 1.807) is 60.5 Å². The van der Waals surface area contributed by atoms with Gasteiger partial charge in [-0.1, -0.05) is 24.3 Å². The zero-order chi connectivity index (χ0) is 23.0. The minimum absolute atomic E-state index is 0.0561. The molecule has 33 heavy (non-hydrogen) atoms. The largest absolute Gasteiger partial charge is 0.497 e. The minimum atomic E-state index is -0.200. The van der Waals surface area contributed by atoms with E-state index >= 15 is 0 Å².